The summed E-state index contributed by atoms with van der Waals surface area (Å²) in [6.07, 6.45) is 0. The molecule has 4 rings (SSSR count). The van der Waals surface area contributed by atoms with Gasteiger partial charge in [0.25, 0.3) is 5.91 Å². The SMILES string of the molecule is CCN(CC)c1ccc(N=Nc2c(O)c(C(=O)Nc3ccccc3C)cc3ccccc23)cc1. The number of benzene rings is 4. The van der Waals surface area contributed by atoms with Crippen molar-refractivity contribution < 1.29 is 9.90 Å². The lowest BCUT2D eigenvalue weighted by atomic mass is 10.0. The third-order valence-electron chi connectivity index (χ3n) is 5.88. The first kappa shape index (κ1) is 23.0. The maximum atomic E-state index is 13.1. The van der Waals surface area contributed by atoms with Crippen LogP contribution in [0.2, 0.25) is 0 Å². The molecule has 4 aromatic rings. The molecular weight excluding hydrogens is 424 g/mol. The van der Waals surface area contributed by atoms with Crippen molar-refractivity contribution in [3.05, 3.63) is 90.0 Å². The Morgan fingerprint density at radius 1 is 0.912 bits per heavy atom. The van der Waals surface area contributed by atoms with Crippen LogP contribution in [-0.2, 0) is 0 Å². The molecule has 0 unspecified atom stereocenters. The number of para-hydroxylation sites is 1. The van der Waals surface area contributed by atoms with E-state index in [1.54, 1.807) is 6.07 Å². The minimum Gasteiger partial charge on any atom is -0.505 e. The number of aryl methyl sites for hydroxylation is 1. The van der Waals surface area contributed by atoms with Gasteiger partial charge in [0, 0.05) is 29.9 Å². The van der Waals surface area contributed by atoms with E-state index in [0.29, 0.717) is 11.4 Å². The first-order valence-corrected chi connectivity index (χ1v) is 11.4. The molecular formula is C28H28N4O2. The highest BCUT2D eigenvalue weighted by Gasteiger charge is 2.19. The highest BCUT2D eigenvalue weighted by molar-refractivity contribution is 6.11. The molecule has 0 saturated heterocycles. The largest absolute Gasteiger partial charge is 0.505 e. The summed E-state index contributed by atoms with van der Waals surface area (Å²) in [6, 6.07) is 24.5. The molecule has 0 saturated carbocycles. The lowest BCUT2D eigenvalue weighted by molar-refractivity contribution is 0.102. The Labute approximate surface area is 199 Å². The van der Waals surface area contributed by atoms with Gasteiger partial charge in [-0.2, -0.15) is 5.11 Å². The molecule has 34 heavy (non-hydrogen) atoms. The predicted octanol–water partition coefficient (Wildman–Crippen LogP) is 7.37. The molecule has 0 spiro atoms. The summed E-state index contributed by atoms with van der Waals surface area (Å²) >= 11 is 0. The van der Waals surface area contributed by atoms with Crippen molar-refractivity contribution in [2.24, 2.45) is 10.2 Å². The number of rotatable bonds is 7. The quantitative estimate of drug-likeness (QED) is 0.287. The van der Waals surface area contributed by atoms with Gasteiger partial charge >= 0.3 is 0 Å². The highest BCUT2D eigenvalue weighted by Crippen LogP contribution is 2.39. The summed E-state index contributed by atoms with van der Waals surface area (Å²) < 4.78 is 0. The molecule has 6 heteroatoms. The molecule has 0 aliphatic heterocycles. The Morgan fingerprint density at radius 2 is 1.59 bits per heavy atom. The van der Waals surface area contributed by atoms with Crippen LogP contribution in [0.15, 0.2) is 89.1 Å². The fourth-order valence-corrected chi connectivity index (χ4v) is 3.92. The third kappa shape index (κ3) is 4.76. The van der Waals surface area contributed by atoms with Gasteiger partial charge in [-0.15, -0.1) is 5.11 Å². The van der Waals surface area contributed by atoms with Gasteiger partial charge in [-0.1, -0.05) is 42.5 Å². The topological polar surface area (TPSA) is 77.3 Å². The lowest BCUT2D eigenvalue weighted by Gasteiger charge is -2.20. The van der Waals surface area contributed by atoms with E-state index >= 15 is 0 Å². The number of azo groups is 1. The van der Waals surface area contributed by atoms with Crippen LogP contribution in [0.1, 0.15) is 29.8 Å². The van der Waals surface area contributed by atoms with Crippen LogP contribution in [0.4, 0.5) is 22.7 Å². The second-order valence-electron chi connectivity index (χ2n) is 8.00. The molecule has 0 aromatic heterocycles. The Morgan fingerprint density at radius 3 is 2.29 bits per heavy atom. The van der Waals surface area contributed by atoms with E-state index in [2.05, 4.69) is 34.3 Å². The maximum absolute atomic E-state index is 13.1. The van der Waals surface area contributed by atoms with Crippen molar-refractivity contribution in [2.45, 2.75) is 20.8 Å². The minimum atomic E-state index is -0.405. The van der Waals surface area contributed by atoms with Crippen LogP contribution < -0.4 is 10.2 Å². The molecule has 0 bridgehead atoms. The number of carbonyl (C=O) groups is 1. The Balaban J connectivity index is 1.70. The summed E-state index contributed by atoms with van der Waals surface area (Å²) in [4.78, 5) is 15.3. The Hall–Kier alpha value is -4.19. The monoisotopic (exact) mass is 452 g/mol. The van der Waals surface area contributed by atoms with E-state index in [1.165, 1.54) is 0 Å². The zero-order chi connectivity index (χ0) is 24.1. The maximum Gasteiger partial charge on any atom is 0.259 e. The second-order valence-corrected chi connectivity index (χ2v) is 8.00. The first-order chi connectivity index (χ1) is 16.5. The van der Waals surface area contributed by atoms with Gasteiger partial charge in [-0.05, 0) is 68.1 Å². The molecule has 1 amide bonds. The molecule has 0 radical (unpaired) electrons. The summed E-state index contributed by atoms with van der Waals surface area (Å²) in [5.74, 6) is -0.606. The van der Waals surface area contributed by atoms with E-state index in [1.807, 2.05) is 79.7 Å². The van der Waals surface area contributed by atoms with Crippen molar-refractivity contribution >= 4 is 39.4 Å². The van der Waals surface area contributed by atoms with Crippen LogP contribution in [-0.4, -0.2) is 24.1 Å². The fourth-order valence-electron chi connectivity index (χ4n) is 3.92. The third-order valence-corrected chi connectivity index (χ3v) is 5.88. The minimum absolute atomic E-state index is 0.146. The number of nitrogens with one attached hydrogen (secondary N) is 1. The number of anilines is 2. The summed E-state index contributed by atoms with van der Waals surface area (Å²) in [6.45, 7) is 8.00. The molecule has 0 heterocycles. The average molecular weight is 453 g/mol. The number of fused-ring (bicyclic) bond motifs is 1. The van der Waals surface area contributed by atoms with Crippen LogP contribution in [0.5, 0.6) is 5.75 Å². The standard InChI is InChI=1S/C28H28N4O2/c1-4-32(5-2)22-16-14-21(15-17-22)30-31-26-23-12-8-7-11-20(23)18-24(27(26)33)28(34)29-25-13-9-6-10-19(25)3/h6-18,33H,4-5H2,1-3H3,(H,29,34). The highest BCUT2D eigenvalue weighted by atomic mass is 16.3. The zero-order valence-corrected chi connectivity index (χ0v) is 19.6. The average Bonchev–Trinajstić information content (AvgIpc) is 2.86. The molecule has 6 nitrogen and oxygen atoms in total. The molecule has 4 aromatic carbocycles. The van der Waals surface area contributed by atoms with Gasteiger partial charge < -0.3 is 15.3 Å². The number of hydrogen-bond donors (Lipinski definition) is 2. The van der Waals surface area contributed by atoms with E-state index < -0.39 is 5.91 Å². The molecule has 0 atom stereocenters. The molecule has 2 N–H and O–H groups in total. The van der Waals surface area contributed by atoms with Crippen molar-refractivity contribution in [1.82, 2.24) is 0 Å². The number of amides is 1. The molecule has 172 valence electrons. The van der Waals surface area contributed by atoms with Crippen molar-refractivity contribution in [3.8, 4) is 5.75 Å². The van der Waals surface area contributed by atoms with Gasteiger partial charge in [0.2, 0.25) is 0 Å². The van der Waals surface area contributed by atoms with Gasteiger partial charge in [-0.3, -0.25) is 4.79 Å². The molecule has 0 aliphatic rings. The zero-order valence-electron chi connectivity index (χ0n) is 19.6. The summed E-state index contributed by atoms with van der Waals surface area (Å²) in [7, 11) is 0. The fraction of sp³-hybridized carbons (Fsp3) is 0.179. The molecule has 0 fully saturated rings. The second kappa shape index (κ2) is 10.2. The van der Waals surface area contributed by atoms with Crippen LogP contribution in [0, 0.1) is 6.92 Å². The van der Waals surface area contributed by atoms with Crippen LogP contribution in [0.25, 0.3) is 10.8 Å². The number of carbonyl (C=O) groups excluding carboxylic acids is 1. The first-order valence-electron chi connectivity index (χ1n) is 11.4. The van der Waals surface area contributed by atoms with Crippen molar-refractivity contribution in [1.29, 1.82) is 0 Å². The van der Waals surface area contributed by atoms with Crippen LogP contribution >= 0.6 is 0 Å². The van der Waals surface area contributed by atoms with Gasteiger partial charge in [-0.25, -0.2) is 0 Å². The predicted molar refractivity (Wildman–Crippen MR) is 139 cm³/mol. The smallest absolute Gasteiger partial charge is 0.259 e. The molecule has 0 aliphatic carbocycles. The van der Waals surface area contributed by atoms with Gasteiger partial charge in [0.05, 0.1) is 11.3 Å². The van der Waals surface area contributed by atoms with Crippen molar-refractivity contribution in [2.75, 3.05) is 23.3 Å². The number of phenols is 1. The van der Waals surface area contributed by atoms with E-state index in [-0.39, 0.29) is 17.0 Å². The van der Waals surface area contributed by atoms with E-state index in [9.17, 15) is 9.90 Å². The number of hydrogen-bond acceptors (Lipinski definition) is 5. The summed E-state index contributed by atoms with van der Waals surface area (Å²) in [5, 5.41) is 24.2. The number of aromatic hydroxyl groups is 1. The van der Waals surface area contributed by atoms with Crippen molar-refractivity contribution in [3.63, 3.8) is 0 Å². The van der Waals surface area contributed by atoms with Crippen LogP contribution in [0.3, 0.4) is 0 Å². The normalized spacial score (nSPS) is 11.1. The van der Waals surface area contributed by atoms with Gasteiger partial charge in [0.15, 0.2) is 5.75 Å². The lowest BCUT2D eigenvalue weighted by Crippen LogP contribution is -2.21. The summed E-state index contributed by atoms with van der Waals surface area (Å²) in [5.41, 5.74) is 3.82. The van der Waals surface area contributed by atoms with Gasteiger partial charge in [0.1, 0.15) is 5.69 Å². The van der Waals surface area contributed by atoms with E-state index in [4.69, 9.17) is 0 Å². The Bertz CT molecular complexity index is 1340. The Kier molecular flexibility index (Phi) is 6.87. The number of nitrogens with zero attached hydrogens (tertiary/aromatic N) is 3. The van der Waals surface area contributed by atoms with E-state index in [0.717, 1.165) is 35.1 Å². The number of phenolic OH excluding ortho intramolecular Hbond substituents is 1.